The summed E-state index contributed by atoms with van der Waals surface area (Å²) in [7, 11) is 0. The fourth-order valence-electron chi connectivity index (χ4n) is 2.05. The van der Waals surface area contributed by atoms with Gasteiger partial charge in [0.2, 0.25) is 5.88 Å². The highest BCUT2D eigenvalue weighted by Gasteiger charge is 2.19. The molecule has 1 N–H and O–H groups in total. The van der Waals surface area contributed by atoms with E-state index in [1.54, 1.807) is 12.3 Å². The Morgan fingerprint density at radius 3 is 3.15 bits per heavy atom. The average molecular weight is 295 g/mol. The molecule has 1 aromatic heterocycles. The van der Waals surface area contributed by atoms with Crippen LogP contribution in [0.4, 0.5) is 10.5 Å². The lowest BCUT2D eigenvalue weighted by atomic mass is 10.2. The number of nitrogens with zero attached hydrogens (tertiary/aromatic N) is 2. The fraction of sp³-hybridized carbons (Fsp3) is 0.571. The zero-order valence-corrected chi connectivity index (χ0v) is 12.8. The number of urea groups is 1. The van der Waals surface area contributed by atoms with Gasteiger partial charge in [-0.05, 0) is 24.7 Å². The highest BCUT2D eigenvalue weighted by Crippen LogP contribution is 2.17. The Kier molecular flexibility index (Phi) is 5.52. The summed E-state index contributed by atoms with van der Waals surface area (Å²) in [5.74, 6) is 3.23. The summed E-state index contributed by atoms with van der Waals surface area (Å²) in [5, 5.41) is 2.89. The van der Waals surface area contributed by atoms with E-state index >= 15 is 0 Å². The molecule has 2 heterocycles. The molecule has 2 rings (SSSR count). The molecule has 20 heavy (non-hydrogen) atoms. The predicted molar refractivity (Wildman–Crippen MR) is 82.5 cm³/mol. The number of amides is 2. The van der Waals surface area contributed by atoms with E-state index in [0.717, 1.165) is 24.6 Å². The minimum Gasteiger partial charge on any atom is -0.478 e. The standard InChI is InChI=1S/C14H21N3O2S/c1-3-19-13-5-4-12(8-15-13)16-14(18)17-6-7-20-10-11(2)9-17/h4-5,8,11H,3,6-7,9-10H2,1-2H3,(H,16,18). The SMILES string of the molecule is CCOc1ccc(NC(=O)N2CCSCC(C)C2)cn1. The van der Waals surface area contributed by atoms with Gasteiger partial charge in [0.05, 0.1) is 18.5 Å². The molecule has 1 fully saturated rings. The first-order valence-corrected chi connectivity index (χ1v) is 8.07. The number of ether oxygens (including phenoxy) is 1. The van der Waals surface area contributed by atoms with Gasteiger partial charge >= 0.3 is 6.03 Å². The van der Waals surface area contributed by atoms with Crippen molar-refractivity contribution in [2.45, 2.75) is 13.8 Å². The Hall–Kier alpha value is -1.43. The van der Waals surface area contributed by atoms with Gasteiger partial charge in [-0.25, -0.2) is 9.78 Å². The number of pyridine rings is 1. The van der Waals surface area contributed by atoms with Crippen molar-refractivity contribution in [2.75, 3.05) is 36.5 Å². The molecule has 0 spiro atoms. The lowest BCUT2D eigenvalue weighted by Gasteiger charge is -2.22. The molecule has 2 amide bonds. The molecule has 6 heteroatoms. The maximum atomic E-state index is 12.2. The van der Waals surface area contributed by atoms with Crippen LogP contribution in [-0.2, 0) is 0 Å². The second kappa shape index (κ2) is 7.38. The van der Waals surface area contributed by atoms with Crippen molar-refractivity contribution < 1.29 is 9.53 Å². The molecule has 1 aromatic rings. The number of aromatic nitrogens is 1. The summed E-state index contributed by atoms with van der Waals surface area (Å²) in [6, 6.07) is 3.52. The molecule has 0 saturated carbocycles. The number of anilines is 1. The molecule has 0 aromatic carbocycles. The van der Waals surface area contributed by atoms with Crippen molar-refractivity contribution in [3.05, 3.63) is 18.3 Å². The van der Waals surface area contributed by atoms with Crippen LogP contribution in [0.5, 0.6) is 5.88 Å². The number of hydrogen-bond donors (Lipinski definition) is 1. The monoisotopic (exact) mass is 295 g/mol. The second-order valence-corrected chi connectivity index (χ2v) is 6.02. The molecule has 0 bridgehead atoms. The number of rotatable bonds is 3. The van der Waals surface area contributed by atoms with Crippen molar-refractivity contribution in [1.29, 1.82) is 0 Å². The molecule has 0 aliphatic carbocycles. The number of nitrogens with one attached hydrogen (secondary N) is 1. The predicted octanol–water partition coefficient (Wildman–Crippen LogP) is 2.70. The van der Waals surface area contributed by atoms with Crippen LogP contribution in [0.2, 0.25) is 0 Å². The van der Waals surface area contributed by atoms with Crippen LogP contribution in [0.1, 0.15) is 13.8 Å². The molecule has 0 radical (unpaired) electrons. The van der Waals surface area contributed by atoms with Gasteiger partial charge in [-0.1, -0.05) is 6.92 Å². The Morgan fingerprint density at radius 2 is 2.45 bits per heavy atom. The first-order chi connectivity index (χ1) is 9.69. The van der Waals surface area contributed by atoms with Crippen LogP contribution >= 0.6 is 11.8 Å². The van der Waals surface area contributed by atoms with Gasteiger partial charge < -0.3 is 15.0 Å². The topological polar surface area (TPSA) is 54.5 Å². The Bertz CT molecular complexity index is 439. The Labute approximate surface area is 124 Å². The van der Waals surface area contributed by atoms with Gasteiger partial charge in [-0.3, -0.25) is 0 Å². The smallest absolute Gasteiger partial charge is 0.321 e. The molecule has 1 atom stereocenters. The average Bonchev–Trinajstić information content (AvgIpc) is 2.66. The van der Waals surface area contributed by atoms with Crippen LogP contribution < -0.4 is 10.1 Å². The molecule has 5 nitrogen and oxygen atoms in total. The fourth-order valence-corrected chi connectivity index (χ4v) is 3.08. The van der Waals surface area contributed by atoms with Crippen molar-refractivity contribution in [3.8, 4) is 5.88 Å². The van der Waals surface area contributed by atoms with Gasteiger partial charge in [-0.15, -0.1) is 0 Å². The molecule has 1 aliphatic heterocycles. The van der Waals surface area contributed by atoms with Crippen LogP contribution in [0.25, 0.3) is 0 Å². The van der Waals surface area contributed by atoms with Crippen molar-refractivity contribution in [3.63, 3.8) is 0 Å². The Balaban J connectivity index is 1.92. The largest absolute Gasteiger partial charge is 0.478 e. The van der Waals surface area contributed by atoms with Crippen LogP contribution in [0.15, 0.2) is 18.3 Å². The zero-order valence-electron chi connectivity index (χ0n) is 12.0. The summed E-state index contributed by atoms with van der Waals surface area (Å²) in [6.45, 7) is 6.28. The third-order valence-electron chi connectivity index (χ3n) is 3.01. The van der Waals surface area contributed by atoms with Gasteiger partial charge in [0.25, 0.3) is 0 Å². The van der Waals surface area contributed by atoms with E-state index < -0.39 is 0 Å². The summed E-state index contributed by atoms with van der Waals surface area (Å²) < 4.78 is 5.28. The van der Waals surface area contributed by atoms with E-state index in [4.69, 9.17) is 4.74 Å². The van der Waals surface area contributed by atoms with Gasteiger partial charge in [-0.2, -0.15) is 11.8 Å². The van der Waals surface area contributed by atoms with E-state index in [1.165, 1.54) is 0 Å². The quantitative estimate of drug-likeness (QED) is 0.931. The van der Waals surface area contributed by atoms with E-state index in [1.807, 2.05) is 29.7 Å². The van der Waals surface area contributed by atoms with Gasteiger partial charge in [0.1, 0.15) is 0 Å². The minimum atomic E-state index is -0.0506. The molecular weight excluding hydrogens is 274 g/mol. The van der Waals surface area contributed by atoms with E-state index in [9.17, 15) is 4.79 Å². The normalized spacial score (nSPS) is 19.3. The molecule has 1 aliphatic rings. The third-order valence-corrected chi connectivity index (χ3v) is 4.28. The molecular formula is C14H21N3O2S. The van der Waals surface area contributed by atoms with Crippen molar-refractivity contribution in [1.82, 2.24) is 9.88 Å². The van der Waals surface area contributed by atoms with Crippen molar-refractivity contribution >= 4 is 23.5 Å². The maximum Gasteiger partial charge on any atom is 0.321 e. The van der Waals surface area contributed by atoms with E-state index in [2.05, 4.69) is 17.2 Å². The first kappa shape index (κ1) is 15.0. The molecule has 1 unspecified atom stereocenters. The summed E-state index contributed by atoms with van der Waals surface area (Å²) in [4.78, 5) is 18.2. The Morgan fingerprint density at radius 1 is 1.60 bits per heavy atom. The third kappa shape index (κ3) is 4.30. The van der Waals surface area contributed by atoms with E-state index in [0.29, 0.717) is 24.1 Å². The van der Waals surface area contributed by atoms with Crippen LogP contribution in [0.3, 0.4) is 0 Å². The zero-order chi connectivity index (χ0) is 14.4. The molecule has 1 saturated heterocycles. The van der Waals surface area contributed by atoms with Gasteiger partial charge in [0, 0.05) is 24.9 Å². The lowest BCUT2D eigenvalue weighted by molar-refractivity contribution is 0.210. The van der Waals surface area contributed by atoms with Gasteiger partial charge in [0.15, 0.2) is 0 Å². The number of thioether (sulfide) groups is 1. The lowest BCUT2D eigenvalue weighted by Crippen LogP contribution is -2.38. The van der Waals surface area contributed by atoms with E-state index in [-0.39, 0.29) is 6.03 Å². The number of carbonyl (C=O) groups excluding carboxylic acids is 1. The maximum absolute atomic E-state index is 12.2. The minimum absolute atomic E-state index is 0.0506. The summed E-state index contributed by atoms with van der Waals surface area (Å²) >= 11 is 1.91. The summed E-state index contributed by atoms with van der Waals surface area (Å²) in [5.41, 5.74) is 0.697. The highest BCUT2D eigenvalue weighted by atomic mass is 32.2. The van der Waals surface area contributed by atoms with Crippen molar-refractivity contribution in [2.24, 2.45) is 5.92 Å². The highest BCUT2D eigenvalue weighted by molar-refractivity contribution is 7.99. The number of hydrogen-bond acceptors (Lipinski definition) is 4. The second-order valence-electron chi connectivity index (χ2n) is 4.87. The molecule has 110 valence electrons. The number of carbonyl (C=O) groups is 1. The van der Waals surface area contributed by atoms with Crippen LogP contribution in [0, 0.1) is 5.92 Å². The first-order valence-electron chi connectivity index (χ1n) is 6.91. The van der Waals surface area contributed by atoms with Crippen LogP contribution in [-0.4, -0.2) is 47.1 Å². The summed E-state index contributed by atoms with van der Waals surface area (Å²) in [6.07, 6.45) is 1.62.